The maximum Gasteiger partial charge on any atom is 0.224 e. The van der Waals surface area contributed by atoms with Crippen molar-refractivity contribution in [1.82, 2.24) is 14.9 Å². The van der Waals surface area contributed by atoms with Gasteiger partial charge in [0.25, 0.3) is 0 Å². The van der Waals surface area contributed by atoms with E-state index in [0.29, 0.717) is 17.6 Å². The average molecular weight is 516 g/mol. The van der Waals surface area contributed by atoms with Gasteiger partial charge in [0.1, 0.15) is 0 Å². The Morgan fingerprint density at radius 1 is 1.11 bits per heavy atom. The van der Waals surface area contributed by atoms with E-state index in [-0.39, 0.29) is 18.0 Å². The molecule has 0 radical (unpaired) electrons. The van der Waals surface area contributed by atoms with Crippen LogP contribution >= 0.6 is 12.2 Å². The van der Waals surface area contributed by atoms with Crippen molar-refractivity contribution < 1.29 is 4.79 Å². The van der Waals surface area contributed by atoms with E-state index in [1.165, 1.54) is 49.1 Å². The van der Waals surface area contributed by atoms with Gasteiger partial charge in [-0.15, -0.1) is 0 Å². The summed E-state index contributed by atoms with van der Waals surface area (Å²) >= 11 is 5.96. The van der Waals surface area contributed by atoms with E-state index < -0.39 is 0 Å². The number of nitrogens with one attached hydrogen (secondary N) is 2. The molecule has 3 aromatic rings. The smallest absolute Gasteiger partial charge is 0.224 e. The third-order valence-corrected chi connectivity index (χ3v) is 8.28. The zero-order chi connectivity index (χ0) is 26.1. The fourth-order valence-corrected chi connectivity index (χ4v) is 6.47. The molecule has 1 saturated heterocycles. The predicted molar refractivity (Wildman–Crippen MR) is 154 cm³/mol. The minimum atomic E-state index is -0.0752. The van der Waals surface area contributed by atoms with Crippen LogP contribution in [0.4, 0.5) is 11.4 Å². The molecule has 1 aromatic carbocycles. The van der Waals surface area contributed by atoms with Crippen LogP contribution in [0.25, 0.3) is 0 Å². The van der Waals surface area contributed by atoms with Gasteiger partial charge in [0.2, 0.25) is 5.91 Å². The zero-order valence-electron chi connectivity index (χ0n) is 22.3. The Hall–Kier alpha value is -3.19. The molecule has 2 unspecified atom stereocenters. The topological polar surface area (TPSA) is 62.2 Å². The van der Waals surface area contributed by atoms with E-state index in [0.717, 1.165) is 22.6 Å². The summed E-state index contributed by atoms with van der Waals surface area (Å²) in [6.45, 7) is 8.39. The molecule has 2 aliphatic rings. The first-order valence-corrected chi connectivity index (χ1v) is 13.9. The van der Waals surface area contributed by atoms with Gasteiger partial charge >= 0.3 is 0 Å². The molecule has 2 aromatic heterocycles. The van der Waals surface area contributed by atoms with E-state index in [2.05, 4.69) is 58.2 Å². The summed E-state index contributed by atoms with van der Waals surface area (Å²) < 4.78 is 2.57. The molecule has 1 amide bonds. The lowest BCUT2D eigenvalue weighted by Gasteiger charge is -2.30. The summed E-state index contributed by atoms with van der Waals surface area (Å²) in [5, 5.41) is 7.29. The van der Waals surface area contributed by atoms with Crippen LogP contribution in [-0.4, -0.2) is 20.6 Å². The Bertz CT molecular complexity index is 1290. The summed E-state index contributed by atoms with van der Waals surface area (Å²) in [5.74, 6) is 0.0115. The van der Waals surface area contributed by atoms with Gasteiger partial charge in [-0.1, -0.05) is 32.3 Å². The molecule has 2 atom stereocenters. The van der Waals surface area contributed by atoms with Crippen molar-refractivity contribution in [3.63, 3.8) is 0 Å². The van der Waals surface area contributed by atoms with Crippen molar-refractivity contribution >= 4 is 34.6 Å². The lowest BCUT2D eigenvalue weighted by Crippen LogP contribution is -2.29. The molecular formula is C30H37N5OS. The second-order valence-electron chi connectivity index (χ2n) is 10.4. The highest BCUT2D eigenvalue weighted by Crippen LogP contribution is 2.45. The molecule has 6 nitrogen and oxygen atoms in total. The zero-order valence-corrected chi connectivity index (χ0v) is 23.1. The third kappa shape index (κ3) is 4.89. The fraction of sp³-hybridized carbons (Fsp3) is 0.433. The first kappa shape index (κ1) is 25.5. The van der Waals surface area contributed by atoms with Crippen LogP contribution in [0.3, 0.4) is 0 Å². The number of pyridine rings is 1. The Kier molecular flexibility index (Phi) is 7.33. The number of aromatic nitrogens is 2. The molecule has 3 heterocycles. The highest BCUT2D eigenvalue weighted by molar-refractivity contribution is 7.80. The van der Waals surface area contributed by atoms with Crippen LogP contribution in [0.15, 0.2) is 48.7 Å². The molecule has 0 bridgehead atoms. The number of thiocarbonyl (C=S) groups is 1. The largest absolute Gasteiger partial charge is 0.351 e. The van der Waals surface area contributed by atoms with Gasteiger partial charge in [0.05, 0.1) is 17.8 Å². The average Bonchev–Trinajstić information content (AvgIpc) is 3.41. The standard InChI is InChI=1S/C30H37N5OS/c1-5-27(36)32-25-15-14-23(17-19(25)2)35-29(28(33-30(35)37)26-13-9-10-16-31-26)24-18-20(3)34(21(24)4)22-11-7-6-8-12-22/h9-10,13-18,22,28-29H,5-8,11-12H2,1-4H3,(H,32,36)(H,33,37). The number of benzene rings is 1. The molecule has 2 N–H and O–H groups in total. The lowest BCUT2D eigenvalue weighted by molar-refractivity contribution is -0.115. The van der Waals surface area contributed by atoms with Crippen LogP contribution in [0.1, 0.15) is 91.8 Å². The molecule has 0 spiro atoms. The minimum Gasteiger partial charge on any atom is -0.351 e. The van der Waals surface area contributed by atoms with Gasteiger partial charge in [-0.25, -0.2) is 0 Å². The number of hydrogen-bond donors (Lipinski definition) is 2. The first-order chi connectivity index (χ1) is 17.9. The Balaban J connectivity index is 1.59. The molecule has 37 heavy (non-hydrogen) atoms. The van der Waals surface area contributed by atoms with E-state index in [4.69, 9.17) is 17.2 Å². The van der Waals surface area contributed by atoms with Gasteiger partial charge in [0, 0.05) is 41.4 Å². The van der Waals surface area contributed by atoms with Gasteiger partial charge < -0.3 is 20.1 Å². The quantitative estimate of drug-likeness (QED) is 0.352. The van der Waals surface area contributed by atoms with Gasteiger partial charge in [-0.05, 0) is 93.4 Å². The maximum absolute atomic E-state index is 12.0. The number of amides is 1. The summed E-state index contributed by atoms with van der Waals surface area (Å²) in [7, 11) is 0. The Morgan fingerprint density at radius 2 is 1.89 bits per heavy atom. The summed E-state index contributed by atoms with van der Waals surface area (Å²) in [6, 6.07) is 15.0. The number of rotatable bonds is 6. The van der Waals surface area contributed by atoms with Crippen molar-refractivity contribution in [2.24, 2.45) is 0 Å². The number of hydrogen-bond acceptors (Lipinski definition) is 3. The molecule has 5 rings (SSSR count). The van der Waals surface area contributed by atoms with Crippen LogP contribution < -0.4 is 15.5 Å². The summed E-state index contributed by atoms with van der Waals surface area (Å²) in [5.41, 5.74) is 7.74. The molecule has 7 heteroatoms. The van der Waals surface area contributed by atoms with E-state index in [9.17, 15) is 4.79 Å². The second kappa shape index (κ2) is 10.7. The minimum absolute atomic E-state index is 0.0115. The van der Waals surface area contributed by atoms with Crippen molar-refractivity contribution in [3.8, 4) is 0 Å². The third-order valence-electron chi connectivity index (χ3n) is 7.96. The molecule has 194 valence electrons. The molecule has 2 fully saturated rings. The van der Waals surface area contributed by atoms with Crippen LogP contribution in [0, 0.1) is 20.8 Å². The molecule has 1 saturated carbocycles. The summed E-state index contributed by atoms with van der Waals surface area (Å²) in [4.78, 5) is 19.0. The number of carbonyl (C=O) groups is 1. The van der Waals surface area contributed by atoms with Crippen molar-refractivity contribution in [1.29, 1.82) is 0 Å². The van der Waals surface area contributed by atoms with Crippen molar-refractivity contribution in [2.75, 3.05) is 10.2 Å². The SMILES string of the molecule is CCC(=O)Nc1ccc(N2C(=S)NC(c3ccccn3)C2c2cc(C)n(C3CCCCC3)c2C)cc1C. The van der Waals surface area contributed by atoms with Crippen molar-refractivity contribution in [3.05, 3.63) is 76.9 Å². The van der Waals surface area contributed by atoms with Crippen LogP contribution in [0.2, 0.25) is 0 Å². The summed E-state index contributed by atoms with van der Waals surface area (Å²) in [6.07, 6.45) is 8.73. The fourth-order valence-electron chi connectivity index (χ4n) is 6.13. The van der Waals surface area contributed by atoms with Crippen LogP contribution in [0.5, 0.6) is 0 Å². The molecular weight excluding hydrogens is 478 g/mol. The monoisotopic (exact) mass is 515 g/mol. The first-order valence-electron chi connectivity index (χ1n) is 13.5. The van der Waals surface area contributed by atoms with E-state index in [1.54, 1.807) is 0 Å². The Labute approximate surface area is 225 Å². The normalized spacial score (nSPS) is 20.2. The molecule has 1 aliphatic heterocycles. The van der Waals surface area contributed by atoms with Crippen molar-refractivity contribution in [2.45, 2.75) is 84.3 Å². The van der Waals surface area contributed by atoms with Crippen LogP contribution in [-0.2, 0) is 4.79 Å². The Morgan fingerprint density at radius 3 is 2.57 bits per heavy atom. The highest BCUT2D eigenvalue weighted by atomic mass is 32.1. The van der Waals surface area contributed by atoms with E-state index in [1.807, 2.05) is 38.2 Å². The van der Waals surface area contributed by atoms with Gasteiger partial charge in [0.15, 0.2) is 5.11 Å². The van der Waals surface area contributed by atoms with Gasteiger partial charge in [-0.2, -0.15) is 0 Å². The number of nitrogens with zero attached hydrogens (tertiary/aromatic N) is 3. The van der Waals surface area contributed by atoms with E-state index >= 15 is 0 Å². The number of carbonyl (C=O) groups excluding carboxylic acids is 1. The number of aryl methyl sites for hydroxylation is 2. The maximum atomic E-state index is 12.0. The molecule has 1 aliphatic carbocycles. The number of anilines is 2. The van der Waals surface area contributed by atoms with Gasteiger partial charge in [-0.3, -0.25) is 9.78 Å². The highest BCUT2D eigenvalue weighted by Gasteiger charge is 2.42. The second-order valence-corrected chi connectivity index (χ2v) is 10.8. The predicted octanol–water partition coefficient (Wildman–Crippen LogP) is 6.84. The lowest BCUT2D eigenvalue weighted by atomic mass is 9.94.